The van der Waals surface area contributed by atoms with E-state index >= 15 is 0 Å². The Kier molecular flexibility index (Phi) is 2.34. The molecule has 1 aliphatic rings. The van der Waals surface area contributed by atoms with Crippen LogP contribution in [0.1, 0.15) is 19.3 Å². The maximum absolute atomic E-state index is 5.58. The minimum atomic E-state index is 0.453. The van der Waals surface area contributed by atoms with E-state index in [9.17, 15) is 0 Å². The van der Waals surface area contributed by atoms with E-state index in [-0.39, 0.29) is 0 Å². The Bertz CT molecular complexity index is 119. The summed E-state index contributed by atoms with van der Waals surface area (Å²) in [5.74, 6) is 0. The summed E-state index contributed by atoms with van der Waals surface area (Å²) in [5, 5.41) is 0.453. The number of hydrogen-bond donors (Lipinski definition) is 1. The van der Waals surface area contributed by atoms with Gasteiger partial charge in [0, 0.05) is 11.6 Å². The van der Waals surface area contributed by atoms with Crippen LogP contribution in [0.15, 0.2) is 0 Å². The molecule has 3 heteroatoms. The van der Waals surface area contributed by atoms with E-state index in [0.717, 1.165) is 13.1 Å². The predicted octanol–water partition coefficient (Wildman–Crippen LogP) is 0.736. The molecule has 1 fully saturated rings. The fraction of sp³-hybridized carbons (Fsp3) is 0.833. The first kappa shape index (κ1) is 6.87. The van der Waals surface area contributed by atoms with Crippen molar-refractivity contribution in [2.24, 2.45) is 5.73 Å². The van der Waals surface area contributed by atoms with Crippen LogP contribution < -0.4 is 5.73 Å². The van der Waals surface area contributed by atoms with Gasteiger partial charge in [-0.1, -0.05) is 0 Å². The van der Waals surface area contributed by atoms with Crippen LogP contribution in [0.2, 0.25) is 0 Å². The molecule has 9 heavy (non-hydrogen) atoms. The Morgan fingerprint density at radius 3 is 2.11 bits per heavy atom. The second-order valence-electron chi connectivity index (χ2n) is 2.37. The summed E-state index contributed by atoms with van der Waals surface area (Å²) in [7, 11) is 0. The molecule has 0 aromatic carbocycles. The molecule has 0 amide bonds. The smallest absolute Gasteiger partial charge is 0.277 e. The lowest BCUT2D eigenvalue weighted by molar-refractivity contribution is -0.535. The maximum atomic E-state index is 5.58. The highest BCUT2D eigenvalue weighted by atomic mass is 35.5. The second-order valence-corrected chi connectivity index (χ2v) is 2.76. The van der Waals surface area contributed by atoms with Crippen LogP contribution in [0.5, 0.6) is 0 Å². The SMILES string of the molecule is NC(Cl)=[N+]1CCCCC1. The van der Waals surface area contributed by atoms with Crippen LogP contribution in [0, 0.1) is 0 Å². The van der Waals surface area contributed by atoms with Crippen molar-refractivity contribution in [1.82, 2.24) is 0 Å². The molecule has 52 valence electrons. The predicted molar refractivity (Wildman–Crippen MR) is 38.9 cm³/mol. The third kappa shape index (κ3) is 1.86. The average Bonchev–Trinajstić information content (AvgIpc) is 1.90. The van der Waals surface area contributed by atoms with Gasteiger partial charge < -0.3 is 0 Å². The Balaban J connectivity index is 2.49. The molecule has 2 nitrogen and oxygen atoms in total. The van der Waals surface area contributed by atoms with Crippen molar-refractivity contribution in [3.63, 3.8) is 0 Å². The Morgan fingerprint density at radius 2 is 1.78 bits per heavy atom. The van der Waals surface area contributed by atoms with Gasteiger partial charge in [0.2, 0.25) is 0 Å². The van der Waals surface area contributed by atoms with Crippen LogP contribution >= 0.6 is 11.6 Å². The minimum absolute atomic E-state index is 0.453. The van der Waals surface area contributed by atoms with Crippen LogP contribution in [-0.4, -0.2) is 23.0 Å². The number of halogens is 1. The van der Waals surface area contributed by atoms with E-state index < -0.39 is 0 Å². The molecule has 0 aliphatic carbocycles. The molecule has 0 unspecified atom stereocenters. The molecule has 1 heterocycles. The lowest BCUT2D eigenvalue weighted by atomic mass is 10.2. The molecule has 0 spiro atoms. The van der Waals surface area contributed by atoms with E-state index in [1.165, 1.54) is 19.3 Å². The van der Waals surface area contributed by atoms with Crippen LogP contribution in [0.25, 0.3) is 0 Å². The van der Waals surface area contributed by atoms with E-state index in [0.29, 0.717) is 5.29 Å². The topological polar surface area (TPSA) is 29.0 Å². The number of hydrogen-bond acceptors (Lipinski definition) is 0. The zero-order chi connectivity index (χ0) is 6.69. The Morgan fingerprint density at radius 1 is 1.22 bits per heavy atom. The summed E-state index contributed by atoms with van der Waals surface area (Å²) in [6, 6.07) is 0. The quantitative estimate of drug-likeness (QED) is 0.306. The van der Waals surface area contributed by atoms with Crippen LogP contribution in [-0.2, 0) is 0 Å². The van der Waals surface area contributed by atoms with Crippen molar-refractivity contribution in [2.45, 2.75) is 19.3 Å². The molecular weight excluding hydrogens is 136 g/mol. The molecule has 0 bridgehead atoms. The minimum Gasteiger partial charge on any atom is -0.277 e. The molecule has 2 N–H and O–H groups in total. The Hall–Kier alpha value is -0.240. The maximum Gasteiger partial charge on any atom is 0.340 e. The molecule has 0 aromatic heterocycles. The van der Waals surface area contributed by atoms with Crippen molar-refractivity contribution >= 4 is 16.9 Å². The first-order valence-electron chi connectivity index (χ1n) is 3.33. The first-order valence-corrected chi connectivity index (χ1v) is 3.71. The fourth-order valence-electron chi connectivity index (χ4n) is 1.11. The highest BCUT2D eigenvalue weighted by molar-refractivity contribution is 6.62. The van der Waals surface area contributed by atoms with Crippen molar-refractivity contribution in [3.05, 3.63) is 0 Å². The normalized spacial score (nSPS) is 19.9. The molecule has 0 atom stereocenters. The van der Waals surface area contributed by atoms with Crippen molar-refractivity contribution < 1.29 is 4.58 Å². The molecule has 0 radical (unpaired) electrons. The lowest BCUT2D eigenvalue weighted by Gasteiger charge is -2.11. The number of nitrogens with zero attached hydrogens (tertiary/aromatic N) is 1. The van der Waals surface area contributed by atoms with E-state index in [1.54, 1.807) is 0 Å². The summed E-state index contributed by atoms with van der Waals surface area (Å²) >= 11 is 5.58. The summed E-state index contributed by atoms with van der Waals surface area (Å²) in [5.41, 5.74) is 5.38. The second kappa shape index (κ2) is 3.06. The van der Waals surface area contributed by atoms with Crippen molar-refractivity contribution in [2.75, 3.05) is 13.1 Å². The number of piperidine rings is 1. The van der Waals surface area contributed by atoms with Gasteiger partial charge in [0.05, 0.1) is 13.1 Å². The van der Waals surface area contributed by atoms with E-state index in [2.05, 4.69) is 0 Å². The van der Waals surface area contributed by atoms with Crippen molar-refractivity contribution in [3.8, 4) is 0 Å². The van der Waals surface area contributed by atoms with Gasteiger partial charge in [-0.05, 0) is 19.3 Å². The molecule has 1 saturated heterocycles. The number of amidine groups is 1. The van der Waals surface area contributed by atoms with Crippen LogP contribution in [0.3, 0.4) is 0 Å². The van der Waals surface area contributed by atoms with Gasteiger partial charge >= 0.3 is 5.29 Å². The third-order valence-corrected chi connectivity index (χ3v) is 1.90. The highest BCUT2D eigenvalue weighted by Gasteiger charge is 2.09. The van der Waals surface area contributed by atoms with Gasteiger partial charge in [-0.2, -0.15) is 0 Å². The van der Waals surface area contributed by atoms with Gasteiger partial charge in [-0.3, -0.25) is 10.3 Å². The summed E-state index contributed by atoms with van der Waals surface area (Å²) in [4.78, 5) is 0. The standard InChI is InChI=1S/C6H11ClN2/c7-6(8)9-4-2-1-3-5-9/h8H,1-5H2/p+1. The molecule has 0 aromatic rings. The zero-order valence-corrected chi connectivity index (χ0v) is 6.19. The molecular formula is C6H12ClN2+. The third-order valence-electron chi connectivity index (χ3n) is 1.66. The van der Waals surface area contributed by atoms with Crippen molar-refractivity contribution in [1.29, 1.82) is 0 Å². The highest BCUT2D eigenvalue weighted by Crippen LogP contribution is 2.03. The summed E-state index contributed by atoms with van der Waals surface area (Å²) in [6.07, 6.45) is 3.78. The van der Waals surface area contributed by atoms with E-state index in [4.69, 9.17) is 17.3 Å². The number of rotatable bonds is 0. The lowest BCUT2D eigenvalue weighted by Crippen LogP contribution is -2.28. The number of nitrogens with two attached hydrogens (primary N) is 1. The van der Waals surface area contributed by atoms with Gasteiger partial charge in [0.25, 0.3) is 0 Å². The summed E-state index contributed by atoms with van der Waals surface area (Å²) < 4.78 is 2.02. The van der Waals surface area contributed by atoms with Crippen LogP contribution in [0.4, 0.5) is 0 Å². The molecule has 1 aliphatic heterocycles. The van der Waals surface area contributed by atoms with Gasteiger partial charge in [-0.15, -0.1) is 0 Å². The summed E-state index contributed by atoms with van der Waals surface area (Å²) in [6.45, 7) is 2.07. The zero-order valence-electron chi connectivity index (χ0n) is 5.44. The monoisotopic (exact) mass is 147 g/mol. The largest absolute Gasteiger partial charge is 0.340 e. The first-order chi connectivity index (χ1) is 4.30. The average molecular weight is 148 g/mol. The molecule has 0 saturated carbocycles. The van der Waals surface area contributed by atoms with E-state index in [1.807, 2.05) is 4.58 Å². The van der Waals surface area contributed by atoms with Gasteiger partial charge in [-0.25, -0.2) is 0 Å². The fourth-order valence-corrected chi connectivity index (χ4v) is 1.28. The Labute approximate surface area is 60.3 Å². The van der Waals surface area contributed by atoms with Gasteiger partial charge in [0.1, 0.15) is 0 Å². The molecule has 1 rings (SSSR count). The van der Waals surface area contributed by atoms with Gasteiger partial charge in [0.15, 0.2) is 0 Å².